The number of nitrogens with zero attached hydrogens (tertiary/aromatic N) is 3. The summed E-state index contributed by atoms with van der Waals surface area (Å²) in [5, 5.41) is 98.6. The zero-order valence-electron chi connectivity index (χ0n) is 35.8. The number of morpholine rings is 1. The molecule has 11 atom stereocenters. The highest BCUT2D eigenvalue weighted by Gasteiger charge is 2.40. The number of likely N-dealkylation sites (N-methyl/N-ethyl adjacent to an activating group) is 2. The van der Waals surface area contributed by atoms with E-state index in [2.05, 4.69) is 20.7 Å². The molecule has 1 aromatic heterocycles. The second kappa shape index (κ2) is 26.4. The van der Waals surface area contributed by atoms with Crippen molar-refractivity contribution >= 4 is 7.75 Å². The van der Waals surface area contributed by atoms with Gasteiger partial charge in [0.15, 0.2) is 6.29 Å². The molecule has 1 fully saturated rings. The quantitative estimate of drug-likeness (QED) is 0.0442. The summed E-state index contributed by atoms with van der Waals surface area (Å²) >= 11 is 0. The Bertz CT molecular complexity index is 1970. The molecule has 0 amide bonds. The minimum Gasteiger partial charge on any atom is -0.394 e. The van der Waals surface area contributed by atoms with Gasteiger partial charge in [0.1, 0.15) is 48.3 Å². The van der Waals surface area contributed by atoms with Crippen LogP contribution in [-0.2, 0) is 32.9 Å². The first-order valence-corrected chi connectivity index (χ1v) is 21.3. The molecule has 22 nitrogen and oxygen atoms in total. The highest BCUT2D eigenvalue weighted by molar-refractivity contribution is 7.49. The standard InChI is InChI=1S/C23H22F7N4O6P.2C7H17NO5/c1-12(14-8-15(22(25,26)27)10-16(9-14)23(28,29)30)40-20-19(13-2-4-17(24)5-3-13)33(6-7-39-20)11-18-31-21(35)34(32-18)41(36,37)38;2*1-8-2-4(10)6(12)7(13)5(11)3-9/h2-5,8-10,12,19-20H,6-7,11H2,1H3,(H,31,32,35)(H2,36,37,38);2*4-13H,2-3H2,1H3/t12-,19-,20+;2*4-,5+,6-,7-/m011/s1. The monoisotopic (exact) mass is 1000 g/mol. The van der Waals surface area contributed by atoms with E-state index < -0.39 is 129 Å². The molecule has 0 saturated carbocycles. The molecule has 2 heterocycles. The van der Waals surface area contributed by atoms with Gasteiger partial charge in [-0.05, 0) is 62.5 Å². The van der Waals surface area contributed by atoms with Crippen LogP contribution in [0.1, 0.15) is 47.1 Å². The third-order valence-electron chi connectivity index (χ3n) is 9.67. The number of aromatic amines is 1. The summed E-state index contributed by atoms with van der Waals surface area (Å²) in [5.41, 5.74) is -4.31. The van der Waals surface area contributed by atoms with Crippen LogP contribution in [-0.4, -0.2) is 189 Å². The first-order chi connectivity index (χ1) is 31.0. The lowest BCUT2D eigenvalue weighted by molar-refractivity contribution is -0.231. The minimum atomic E-state index is -5.07. The average molecular weight is 1000 g/mol. The Labute approximate surface area is 376 Å². The highest BCUT2D eigenvalue weighted by Crippen LogP contribution is 2.40. The van der Waals surface area contributed by atoms with Gasteiger partial charge in [-0.1, -0.05) is 12.1 Å². The lowest BCUT2D eigenvalue weighted by Crippen LogP contribution is -2.48. The summed E-state index contributed by atoms with van der Waals surface area (Å²) in [6, 6.07) is 5.01. The van der Waals surface area contributed by atoms with Crippen LogP contribution in [0.3, 0.4) is 0 Å². The lowest BCUT2D eigenvalue weighted by Gasteiger charge is -2.41. The van der Waals surface area contributed by atoms with Crippen molar-refractivity contribution in [2.24, 2.45) is 0 Å². The summed E-state index contributed by atoms with van der Waals surface area (Å²) in [6.45, 7) is -0.0952. The number of aromatic nitrogens is 3. The van der Waals surface area contributed by atoms with Crippen LogP contribution in [0.4, 0.5) is 30.7 Å². The Kier molecular flexibility index (Phi) is 23.5. The van der Waals surface area contributed by atoms with E-state index in [1.807, 2.05) is 0 Å². The molecule has 15 N–H and O–H groups in total. The Balaban J connectivity index is 0.000000484. The Morgan fingerprint density at radius 2 is 1.25 bits per heavy atom. The number of aliphatic hydroxyl groups excluding tert-OH is 10. The van der Waals surface area contributed by atoms with Crippen molar-refractivity contribution < 1.29 is 106 Å². The van der Waals surface area contributed by atoms with Crippen LogP contribution in [0.25, 0.3) is 0 Å². The van der Waals surface area contributed by atoms with Crippen molar-refractivity contribution in [3.63, 3.8) is 0 Å². The van der Waals surface area contributed by atoms with E-state index in [9.17, 15) is 60.1 Å². The molecule has 3 aromatic rings. The highest BCUT2D eigenvalue weighted by atomic mass is 31.2. The summed E-state index contributed by atoms with van der Waals surface area (Å²) < 4.78 is 117. The predicted molar refractivity (Wildman–Crippen MR) is 216 cm³/mol. The van der Waals surface area contributed by atoms with Gasteiger partial charge in [-0.25, -0.2) is 13.8 Å². The van der Waals surface area contributed by atoms with Crippen LogP contribution >= 0.6 is 7.75 Å². The van der Waals surface area contributed by atoms with Gasteiger partial charge >= 0.3 is 25.8 Å². The van der Waals surface area contributed by atoms with Crippen molar-refractivity contribution in [1.82, 2.24) is 30.1 Å². The molecular formula is C37H56F7N6O16P. The van der Waals surface area contributed by atoms with E-state index in [0.717, 1.165) is 12.1 Å². The zero-order chi connectivity index (χ0) is 51.2. The topological polar surface area (TPSA) is 356 Å². The third kappa shape index (κ3) is 18.0. The summed E-state index contributed by atoms with van der Waals surface area (Å²) in [7, 11) is -1.92. The Hall–Kier alpha value is -3.56. The molecule has 0 aliphatic carbocycles. The van der Waals surface area contributed by atoms with Crippen LogP contribution in [0, 0.1) is 5.82 Å². The molecule has 0 spiro atoms. The van der Waals surface area contributed by atoms with Crippen molar-refractivity contribution in [3.05, 3.63) is 86.8 Å². The molecular weight excluding hydrogens is 948 g/mol. The predicted octanol–water partition coefficient (Wildman–Crippen LogP) is -2.35. The number of ether oxygens (including phenoxy) is 2. The first-order valence-electron chi connectivity index (χ1n) is 19.8. The van der Waals surface area contributed by atoms with Crippen molar-refractivity contribution in [2.45, 2.75) is 93.1 Å². The molecule has 1 aliphatic rings. The fraction of sp³-hybridized carbons (Fsp3) is 0.622. The molecule has 0 unspecified atom stereocenters. The van der Waals surface area contributed by atoms with Gasteiger partial charge in [0.2, 0.25) is 0 Å². The van der Waals surface area contributed by atoms with Gasteiger partial charge in [0.25, 0.3) is 0 Å². The number of benzene rings is 2. The molecule has 2 aromatic carbocycles. The fourth-order valence-corrected chi connectivity index (χ4v) is 6.60. The minimum absolute atomic E-state index is 0.00603. The maximum absolute atomic E-state index is 13.7. The number of hydrogen-bond donors (Lipinski definition) is 15. The van der Waals surface area contributed by atoms with Crippen LogP contribution in [0.2, 0.25) is 0 Å². The number of rotatable bonds is 19. The van der Waals surface area contributed by atoms with Gasteiger partial charge in [0, 0.05) is 19.6 Å². The number of nitrogens with one attached hydrogen (secondary N) is 3. The van der Waals surface area contributed by atoms with Crippen molar-refractivity contribution in [2.75, 3.05) is 53.6 Å². The molecule has 0 bridgehead atoms. The Morgan fingerprint density at radius 3 is 1.64 bits per heavy atom. The maximum Gasteiger partial charge on any atom is 0.454 e. The van der Waals surface area contributed by atoms with Gasteiger partial charge in [-0.2, -0.15) is 26.3 Å². The molecule has 1 aliphatic heterocycles. The summed E-state index contributed by atoms with van der Waals surface area (Å²) in [6.07, 6.45) is -24.1. The second-order valence-electron chi connectivity index (χ2n) is 14.8. The third-order valence-corrected chi connectivity index (χ3v) is 10.4. The van der Waals surface area contributed by atoms with Crippen molar-refractivity contribution in [3.8, 4) is 0 Å². The smallest absolute Gasteiger partial charge is 0.394 e. The van der Waals surface area contributed by atoms with Gasteiger partial charge in [-0.3, -0.25) is 9.88 Å². The Morgan fingerprint density at radius 1 is 0.806 bits per heavy atom. The van der Waals surface area contributed by atoms with E-state index in [-0.39, 0.29) is 49.1 Å². The van der Waals surface area contributed by atoms with E-state index >= 15 is 0 Å². The lowest BCUT2D eigenvalue weighted by atomic mass is 10.0. The van der Waals surface area contributed by atoms with Crippen LogP contribution in [0.15, 0.2) is 47.3 Å². The SMILES string of the molecule is CNC[C@@H](O)[C@@H](O)[C@H](O)[C@@H](O)CO.CNC[C@@H](O)[C@@H](O)[C@H](O)[C@@H](O)CO.C[C@H](O[C@H]1OCCN(Cc2nn(P(=O)(O)O)c(=O)[nH]2)[C@H]1c1ccc(F)cc1)c1cc(C(F)(F)F)cc(C(F)(F)F)c1. The van der Waals surface area contributed by atoms with Gasteiger partial charge in [0.05, 0.1) is 61.8 Å². The van der Waals surface area contributed by atoms with E-state index in [4.69, 9.17) is 50.3 Å². The first kappa shape index (κ1) is 59.6. The summed E-state index contributed by atoms with van der Waals surface area (Å²) in [5.74, 6) is -0.775. The van der Waals surface area contributed by atoms with Gasteiger partial charge in [-0.15, -0.1) is 9.55 Å². The largest absolute Gasteiger partial charge is 0.454 e. The molecule has 30 heteroatoms. The molecule has 1 saturated heterocycles. The second-order valence-corrected chi connectivity index (χ2v) is 16.2. The molecule has 0 radical (unpaired) electrons. The van der Waals surface area contributed by atoms with E-state index in [1.165, 1.54) is 19.1 Å². The zero-order valence-corrected chi connectivity index (χ0v) is 36.7. The fourth-order valence-electron chi connectivity index (χ4n) is 6.09. The normalized spacial score (nSPS) is 20.2. The number of aliphatic hydroxyl groups is 10. The number of halogens is 7. The van der Waals surface area contributed by atoms with Crippen LogP contribution in [0.5, 0.6) is 0 Å². The van der Waals surface area contributed by atoms with E-state index in [1.54, 1.807) is 19.0 Å². The van der Waals surface area contributed by atoms with E-state index in [0.29, 0.717) is 17.7 Å². The van der Waals surface area contributed by atoms with Crippen molar-refractivity contribution in [1.29, 1.82) is 0 Å². The number of hydrogen-bond acceptors (Lipinski definition) is 18. The van der Waals surface area contributed by atoms with Gasteiger partial charge < -0.3 is 81.0 Å². The molecule has 67 heavy (non-hydrogen) atoms. The molecule has 384 valence electrons. The maximum atomic E-state index is 13.7. The van der Waals surface area contributed by atoms with Crippen LogP contribution < -0.4 is 16.3 Å². The number of H-pyrrole nitrogens is 1. The molecule has 4 rings (SSSR count). The average Bonchev–Trinajstić information content (AvgIpc) is 3.65. The number of alkyl halides is 6. The summed E-state index contributed by atoms with van der Waals surface area (Å²) in [4.78, 5) is 34.3.